The molecule has 3 rings (SSSR count). The normalized spacial score (nSPS) is 15.3. The fraction of sp³-hybridized carbons (Fsp3) is 0.231. The molecule has 0 unspecified atom stereocenters. The van der Waals surface area contributed by atoms with E-state index in [4.69, 9.17) is 0 Å². The molecule has 0 atom stereocenters. The summed E-state index contributed by atoms with van der Waals surface area (Å²) in [5, 5.41) is 13.3. The van der Waals surface area contributed by atoms with E-state index in [2.05, 4.69) is 15.5 Å². The Morgan fingerprint density at radius 1 is 1.50 bits per heavy atom. The monoisotopic (exact) mass is 338 g/mol. The smallest absolute Gasteiger partial charge is 0.249 e. The van der Waals surface area contributed by atoms with Crippen LogP contribution in [0.5, 0.6) is 0 Å². The van der Waals surface area contributed by atoms with E-state index in [9.17, 15) is 13.2 Å². The number of hydrogen-bond donors (Lipinski definition) is 2. The average Bonchev–Trinajstić information content (AvgIpc) is 3.13. The number of H-pyrrole nitrogens is 1. The first-order chi connectivity index (χ1) is 10.4. The van der Waals surface area contributed by atoms with Gasteiger partial charge in [-0.15, -0.1) is 0 Å². The number of nitrogens with zero attached hydrogens (tertiary/aromatic N) is 2. The molecule has 22 heavy (non-hydrogen) atoms. The number of aromatic amines is 1. The van der Waals surface area contributed by atoms with Gasteiger partial charge in [-0.1, -0.05) is 0 Å². The zero-order valence-electron chi connectivity index (χ0n) is 11.7. The van der Waals surface area contributed by atoms with Gasteiger partial charge in [0.2, 0.25) is 15.9 Å². The van der Waals surface area contributed by atoms with Crippen LogP contribution in [0.4, 0.5) is 5.82 Å². The lowest BCUT2D eigenvalue weighted by Gasteiger charge is -2.11. The average molecular weight is 338 g/mol. The molecule has 0 aromatic carbocycles. The Bertz CT molecular complexity index is 822. The zero-order chi connectivity index (χ0) is 15.7. The molecule has 0 spiro atoms. The summed E-state index contributed by atoms with van der Waals surface area (Å²) in [5.41, 5.74) is 2.38. The van der Waals surface area contributed by atoms with Crippen LogP contribution < -0.4 is 5.32 Å². The van der Waals surface area contributed by atoms with Gasteiger partial charge in [-0.3, -0.25) is 9.89 Å². The Labute approximate surface area is 131 Å². The number of nitrogens with one attached hydrogen (secondary N) is 2. The lowest BCUT2D eigenvalue weighted by atomic mass is 10.2. The molecule has 2 aromatic heterocycles. The van der Waals surface area contributed by atoms with Crippen molar-refractivity contribution in [1.82, 2.24) is 14.5 Å². The topological polar surface area (TPSA) is 95.2 Å². The van der Waals surface area contributed by atoms with Crippen LogP contribution in [0, 0.1) is 0 Å². The summed E-state index contributed by atoms with van der Waals surface area (Å²) < 4.78 is 24.4. The van der Waals surface area contributed by atoms with E-state index in [1.165, 1.54) is 10.4 Å². The van der Waals surface area contributed by atoms with Crippen molar-refractivity contribution in [1.29, 1.82) is 0 Å². The maximum Gasteiger partial charge on any atom is 0.249 e. The van der Waals surface area contributed by atoms with Crippen LogP contribution in [-0.4, -0.2) is 35.1 Å². The minimum atomic E-state index is -3.27. The first-order valence-electron chi connectivity index (χ1n) is 6.46. The quantitative estimate of drug-likeness (QED) is 0.824. The van der Waals surface area contributed by atoms with Crippen molar-refractivity contribution in [2.75, 3.05) is 11.6 Å². The number of thiophene rings is 1. The van der Waals surface area contributed by atoms with Gasteiger partial charge < -0.3 is 5.32 Å². The Morgan fingerprint density at radius 3 is 3.00 bits per heavy atom. The molecular weight excluding hydrogens is 324 g/mol. The zero-order valence-corrected chi connectivity index (χ0v) is 13.4. The molecule has 116 valence electrons. The molecule has 0 saturated carbocycles. The Kier molecular flexibility index (Phi) is 3.85. The number of fused-ring (bicyclic) bond motifs is 1. The van der Waals surface area contributed by atoms with Crippen LogP contribution >= 0.6 is 11.3 Å². The third kappa shape index (κ3) is 3.11. The number of carbonyl (C=O) groups excluding carboxylic acids is 1. The van der Waals surface area contributed by atoms with Crippen LogP contribution in [0.3, 0.4) is 0 Å². The molecule has 0 fully saturated rings. The van der Waals surface area contributed by atoms with Gasteiger partial charge in [0.25, 0.3) is 0 Å². The molecule has 7 nitrogen and oxygen atoms in total. The van der Waals surface area contributed by atoms with Crippen LogP contribution in [-0.2, 0) is 27.9 Å². The molecule has 0 saturated heterocycles. The van der Waals surface area contributed by atoms with Gasteiger partial charge in [0.15, 0.2) is 5.82 Å². The lowest BCUT2D eigenvalue weighted by molar-refractivity contribution is -0.111. The maximum atomic E-state index is 11.9. The summed E-state index contributed by atoms with van der Waals surface area (Å²) in [6.07, 6.45) is 4.29. The van der Waals surface area contributed by atoms with E-state index < -0.39 is 10.0 Å². The summed E-state index contributed by atoms with van der Waals surface area (Å²) in [5.74, 6) is 0.0689. The van der Waals surface area contributed by atoms with Gasteiger partial charge in [0.1, 0.15) is 0 Å². The Balaban J connectivity index is 1.70. The van der Waals surface area contributed by atoms with Crippen molar-refractivity contribution in [3.63, 3.8) is 0 Å². The summed E-state index contributed by atoms with van der Waals surface area (Å²) in [6, 6.07) is 1.91. The Morgan fingerprint density at radius 2 is 2.32 bits per heavy atom. The molecule has 0 bridgehead atoms. The lowest BCUT2D eigenvalue weighted by Crippen LogP contribution is -2.24. The Hall–Kier alpha value is -1.97. The minimum absolute atomic E-state index is 0.217. The van der Waals surface area contributed by atoms with Crippen molar-refractivity contribution in [2.24, 2.45) is 0 Å². The number of anilines is 1. The van der Waals surface area contributed by atoms with Crippen LogP contribution in [0.1, 0.15) is 16.8 Å². The second-order valence-electron chi connectivity index (χ2n) is 4.94. The van der Waals surface area contributed by atoms with E-state index in [1.807, 2.05) is 16.8 Å². The van der Waals surface area contributed by atoms with Gasteiger partial charge in [-0.05, 0) is 28.5 Å². The molecule has 1 aliphatic heterocycles. The third-order valence-corrected chi connectivity index (χ3v) is 5.20. The highest BCUT2D eigenvalue weighted by atomic mass is 32.2. The highest BCUT2D eigenvalue weighted by Gasteiger charge is 2.30. The number of sulfonamides is 1. The second kappa shape index (κ2) is 5.67. The molecule has 2 aromatic rings. The number of hydrogen-bond acceptors (Lipinski definition) is 5. The largest absolute Gasteiger partial charge is 0.305 e. The summed E-state index contributed by atoms with van der Waals surface area (Å²) in [6.45, 7) is 0.469. The van der Waals surface area contributed by atoms with E-state index >= 15 is 0 Å². The molecule has 0 radical (unpaired) electrons. The van der Waals surface area contributed by atoms with Crippen LogP contribution in [0.2, 0.25) is 0 Å². The fourth-order valence-electron chi connectivity index (χ4n) is 2.15. The first kappa shape index (κ1) is 14.9. The van der Waals surface area contributed by atoms with Gasteiger partial charge >= 0.3 is 0 Å². The summed E-state index contributed by atoms with van der Waals surface area (Å²) >= 11 is 1.55. The number of amides is 1. The van der Waals surface area contributed by atoms with Crippen LogP contribution in [0.25, 0.3) is 6.08 Å². The summed E-state index contributed by atoms with van der Waals surface area (Å²) in [7, 11) is -3.27. The van der Waals surface area contributed by atoms with Gasteiger partial charge in [0, 0.05) is 18.2 Å². The number of carbonyl (C=O) groups is 1. The van der Waals surface area contributed by atoms with E-state index in [0.717, 1.165) is 11.8 Å². The van der Waals surface area contributed by atoms with Gasteiger partial charge in [-0.25, -0.2) is 8.42 Å². The SMILES string of the molecule is CS(=O)(=O)N1Cc2[nH]nc(NC(=O)C=Cc3ccsc3)c2C1. The standard InChI is InChI=1S/C13H14N4O3S2/c1-22(19,20)17-6-10-11(7-17)15-16-13(10)14-12(18)3-2-9-4-5-21-8-9/h2-5,8H,6-7H2,1H3,(H2,14,15,16,18). The van der Waals surface area contributed by atoms with E-state index in [0.29, 0.717) is 17.1 Å². The fourth-order valence-corrected chi connectivity index (χ4v) is 3.50. The third-order valence-electron chi connectivity index (χ3n) is 3.30. The molecule has 1 amide bonds. The van der Waals surface area contributed by atoms with Crippen LogP contribution in [0.15, 0.2) is 22.9 Å². The molecule has 2 N–H and O–H groups in total. The number of rotatable bonds is 4. The van der Waals surface area contributed by atoms with Crippen molar-refractivity contribution < 1.29 is 13.2 Å². The van der Waals surface area contributed by atoms with Crippen molar-refractivity contribution in [3.8, 4) is 0 Å². The summed E-state index contributed by atoms with van der Waals surface area (Å²) in [4.78, 5) is 11.9. The molecule has 3 heterocycles. The van der Waals surface area contributed by atoms with E-state index in [-0.39, 0.29) is 19.0 Å². The number of aromatic nitrogens is 2. The van der Waals surface area contributed by atoms with Gasteiger partial charge in [-0.2, -0.15) is 20.7 Å². The minimum Gasteiger partial charge on any atom is -0.305 e. The molecule has 9 heteroatoms. The first-order valence-corrected chi connectivity index (χ1v) is 9.25. The molecule has 1 aliphatic rings. The van der Waals surface area contributed by atoms with Crippen molar-refractivity contribution in [2.45, 2.75) is 13.1 Å². The second-order valence-corrected chi connectivity index (χ2v) is 7.70. The molecule has 0 aliphatic carbocycles. The predicted molar refractivity (Wildman–Crippen MR) is 84.7 cm³/mol. The van der Waals surface area contributed by atoms with Crippen molar-refractivity contribution in [3.05, 3.63) is 39.7 Å². The highest BCUT2D eigenvalue weighted by Crippen LogP contribution is 2.28. The molecular formula is C13H14N4O3S2. The van der Waals surface area contributed by atoms with E-state index in [1.54, 1.807) is 17.4 Å². The van der Waals surface area contributed by atoms with Crippen molar-refractivity contribution >= 4 is 39.2 Å². The predicted octanol–water partition coefficient (Wildman–Crippen LogP) is 1.40. The van der Waals surface area contributed by atoms with Gasteiger partial charge in [0.05, 0.1) is 18.5 Å². The maximum absolute atomic E-state index is 11.9. The highest BCUT2D eigenvalue weighted by molar-refractivity contribution is 7.88.